The highest BCUT2D eigenvalue weighted by atomic mass is 19.3. The van der Waals surface area contributed by atoms with Crippen LogP contribution in [0.2, 0.25) is 0 Å². The number of carboxylic acid groups (broad SMARTS) is 1. The van der Waals surface area contributed by atoms with Crippen molar-refractivity contribution < 1.29 is 27.9 Å². The number of carbonyl (C=O) groups excluding carboxylic acids is 1. The highest BCUT2D eigenvalue weighted by Crippen LogP contribution is 2.36. The van der Waals surface area contributed by atoms with E-state index in [2.05, 4.69) is 4.98 Å². The van der Waals surface area contributed by atoms with Crippen LogP contribution >= 0.6 is 0 Å². The van der Waals surface area contributed by atoms with Gasteiger partial charge < -0.3 is 15.0 Å². The van der Waals surface area contributed by atoms with Crippen LogP contribution in [0.25, 0.3) is 33.2 Å². The number of piperidine rings is 1. The van der Waals surface area contributed by atoms with E-state index in [1.165, 1.54) is 24.1 Å². The molecule has 37 heavy (non-hydrogen) atoms. The minimum Gasteiger partial charge on any atom is -0.465 e. The van der Waals surface area contributed by atoms with Crippen LogP contribution in [0, 0.1) is 5.82 Å². The number of anilines is 1. The molecule has 0 atom stereocenters. The first-order valence-corrected chi connectivity index (χ1v) is 11.8. The lowest BCUT2D eigenvalue weighted by molar-refractivity contribution is -0.0494. The number of aromatic nitrogens is 1. The molecule has 9 heteroatoms. The summed E-state index contributed by atoms with van der Waals surface area (Å²) in [7, 11) is 1.44. The van der Waals surface area contributed by atoms with Gasteiger partial charge in [0.1, 0.15) is 11.6 Å². The van der Waals surface area contributed by atoms with Gasteiger partial charge in [0.05, 0.1) is 5.52 Å². The van der Waals surface area contributed by atoms with E-state index in [9.17, 15) is 27.9 Å². The summed E-state index contributed by atoms with van der Waals surface area (Å²) in [6, 6.07) is 18.5. The maximum atomic E-state index is 13.6. The van der Waals surface area contributed by atoms with E-state index in [1.807, 2.05) is 12.1 Å². The molecule has 0 radical (unpaired) electrons. The van der Waals surface area contributed by atoms with E-state index in [4.69, 9.17) is 0 Å². The van der Waals surface area contributed by atoms with Crippen LogP contribution in [0.15, 0.2) is 66.7 Å². The fourth-order valence-corrected chi connectivity index (χ4v) is 4.56. The monoisotopic (exact) mass is 507 g/mol. The van der Waals surface area contributed by atoms with Gasteiger partial charge in [-0.3, -0.25) is 9.69 Å². The number of halogens is 3. The molecule has 1 aliphatic heterocycles. The standard InChI is InChI=1S/C28H24F3N3O3/c1-33(27(36)37)24-16-21-14-20(15-23(25(21)32-24)18-6-8-22(29)9-7-18)17-2-4-19(5-3-17)26(35)34-12-10-28(30,31)11-13-34/h2-9,14-16,32H,10-13H2,1H3,(H,36,37). The third-order valence-electron chi connectivity index (χ3n) is 6.77. The minimum absolute atomic E-state index is 0.0197. The van der Waals surface area contributed by atoms with Crippen molar-refractivity contribution in [2.24, 2.45) is 0 Å². The molecule has 0 unspecified atom stereocenters. The number of alkyl halides is 2. The molecule has 190 valence electrons. The normalized spacial score (nSPS) is 15.1. The Labute approximate surface area is 210 Å². The zero-order valence-electron chi connectivity index (χ0n) is 20.0. The van der Waals surface area contributed by atoms with Crippen LogP contribution < -0.4 is 4.90 Å². The number of benzene rings is 3. The van der Waals surface area contributed by atoms with Crippen molar-refractivity contribution in [2.45, 2.75) is 18.8 Å². The first-order valence-electron chi connectivity index (χ1n) is 11.8. The smallest absolute Gasteiger partial charge is 0.412 e. The Morgan fingerprint density at radius 2 is 1.54 bits per heavy atom. The molecule has 0 saturated carbocycles. The molecule has 6 nitrogen and oxygen atoms in total. The van der Waals surface area contributed by atoms with Gasteiger partial charge in [-0.15, -0.1) is 0 Å². The molecular weight excluding hydrogens is 483 g/mol. The Kier molecular flexibility index (Phi) is 6.15. The Hall–Kier alpha value is -4.27. The van der Waals surface area contributed by atoms with Crippen molar-refractivity contribution in [3.8, 4) is 22.3 Å². The van der Waals surface area contributed by atoms with E-state index in [1.54, 1.807) is 42.5 Å². The van der Waals surface area contributed by atoms with Crippen LogP contribution in [0.4, 0.5) is 23.8 Å². The number of H-pyrrole nitrogens is 1. The molecule has 2 heterocycles. The van der Waals surface area contributed by atoms with E-state index >= 15 is 0 Å². The van der Waals surface area contributed by atoms with Gasteiger partial charge in [0.15, 0.2) is 0 Å². The zero-order valence-corrected chi connectivity index (χ0v) is 20.0. The second kappa shape index (κ2) is 9.31. The van der Waals surface area contributed by atoms with Crippen LogP contribution in [0.3, 0.4) is 0 Å². The van der Waals surface area contributed by atoms with Crippen molar-refractivity contribution in [3.63, 3.8) is 0 Å². The number of fused-ring (bicyclic) bond motifs is 1. The molecule has 1 saturated heterocycles. The van der Waals surface area contributed by atoms with Crippen LogP contribution in [-0.2, 0) is 0 Å². The minimum atomic E-state index is -2.72. The van der Waals surface area contributed by atoms with Gasteiger partial charge in [0.2, 0.25) is 0 Å². The van der Waals surface area contributed by atoms with Crippen molar-refractivity contribution in [2.75, 3.05) is 25.0 Å². The first-order chi connectivity index (χ1) is 17.6. The predicted molar refractivity (Wildman–Crippen MR) is 136 cm³/mol. The van der Waals surface area contributed by atoms with Crippen molar-refractivity contribution >= 4 is 28.7 Å². The summed E-state index contributed by atoms with van der Waals surface area (Å²) >= 11 is 0. The molecule has 1 aromatic heterocycles. The average Bonchev–Trinajstić information content (AvgIpc) is 3.32. The second-order valence-electron chi connectivity index (χ2n) is 9.22. The topological polar surface area (TPSA) is 76.6 Å². The van der Waals surface area contributed by atoms with Crippen LogP contribution in [0.5, 0.6) is 0 Å². The molecule has 3 aromatic carbocycles. The quantitative estimate of drug-likeness (QED) is 0.326. The summed E-state index contributed by atoms with van der Waals surface area (Å²) in [5, 5.41) is 10.2. The van der Waals surface area contributed by atoms with Crippen molar-refractivity contribution in [1.29, 1.82) is 0 Å². The summed E-state index contributed by atoms with van der Waals surface area (Å²) in [6.07, 6.45) is -1.79. The number of aromatic amines is 1. The average molecular weight is 508 g/mol. The predicted octanol–water partition coefficient (Wildman–Crippen LogP) is 6.63. The molecular formula is C28H24F3N3O3. The number of likely N-dealkylation sites (tertiary alicyclic amines) is 1. The fourth-order valence-electron chi connectivity index (χ4n) is 4.56. The SMILES string of the molecule is CN(C(=O)O)c1cc2cc(-c3ccc(C(=O)N4CCC(F)(F)CC4)cc3)cc(-c3ccc(F)cc3)c2[nH]1. The van der Waals surface area contributed by atoms with Gasteiger partial charge in [0, 0.05) is 49.5 Å². The molecule has 0 bridgehead atoms. The number of rotatable bonds is 4. The summed E-state index contributed by atoms with van der Waals surface area (Å²) in [6.45, 7) is 0.0395. The molecule has 5 rings (SSSR count). The van der Waals surface area contributed by atoms with E-state index in [0.29, 0.717) is 16.9 Å². The summed E-state index contributed by atoms with van der Waals surface area (Å²) in [4.78, 5) is 30.0. The zero-order chi connectivity index (χ0) is 26.3. The molecule has 0 aliphatic carbocycles. The molecule has 1 fully saturated rings. The lowest BCUT2D eigenvalue weighted by Gasteiger charge is -2.31. The molecule has 2 amide bonds. The first kappa shape index (κ1) is 24.4. The molecule has 1 aliphatic rings. The Morgan fingerprint density at radius 3 is 2.16 bits per heavy atom. The third-order valence-corrected chi connectivity index (χ3v) is 6.77. The Morgan fingerprint density at radius 1 is 0.919 bits per heavy atom. The number of nitrogens with one attached hydrogen (secondary N) is 1. The van der Waals surface area contributed by atoms with Gasteiger partial charge in [-0.05, 0) is 59.2 Å². The number of amides is 2. The van der Waals surface area contributed by atoms with Crippen molar-refractivity contribution in [3.05, 3.63) is 78.1 Å². The maximum absolute atomic E-state index is 13.6. The molecule has 2 N–H and O–H groups in total. The van der Waals surface area contributed by atoms with Gasteiger partial charge >= 0.3 is 6.09 Å². The second-order valence-corrected chi connectivity index (χ2v) is 9.22. The van der Waals surface area contributed by atoms with Gasteiger partial charge in [-0.2, -0.15) is 0 Å². The summed E-state index contributed by atoms with van der Waals surface area (Å²) in [5.41, 5.74) is 4.24. The fraction of sp³-hybridized carbons (Fsp3) is 0.214. The highest BCUT2D eigenvalue weighted by Gasteiger charge is 2.35. The number of nitrogens with zero attached hydrogens (tertiary/aromatic N) is 2. The van der Waals surface area contributed by atoms with Crippen molar-refractivity contribution in [1.82, 2.24) is 9.88 Å². The third kappa shape index (κ3) is 4.89. The number of hydrogen-bond acceptors (Lipinski definition) is 2. The number of carbonyl (C=O) groups is 2. The largest absolute Gasteiger partial charge is 0.465 e. The lowest BCUT2D eigenvalue weighted by Crippen LogP contribution is -2.42. The van der Waals surface area contributed by atoms with E-state index < -0.39 is 12.0 Å². The Bertz CT molecular complexity index is 1470. The number of hydrogen-bond donors (Lipinski definition) is 2. The van der Waals surface area contributed by atoms with Crippen LogP contribution in [-0.4, -0.2) is 53.1 Å². The summed E-state index contributed by atoms with van der Waals surface area (Å²) < 4.78 is 40.5. The van der Waals surface area contributed by atoms with Crippen LogP contribution in [0.1, 0.15) is 23.2 Å². The Balaban J connectivity index is 1.51. The molecule has 0 spiro atoms. The van der Waals surface area contributed by atoms with E-state index in [0.717, 1.165) is 32.5 Å². The van der Waals surface area contributed by atoms with E-state index in [-0.39, 0.29) is 37.7 Å². The maximum Gasteiger partial charge on any atom is 0.412 e. The lowest BCUT2D eigenvalue weighted by atomic mass is 9.95. The van der Waals surface area contributed by atoms with Gasteiger partial charge in [0.25, 0.3) is 11.8 Å². The molecule has 4 aromatic rings. The van der Waals surface area contributed by atoms with Gasteiger partial charge in [-0.25, -0.2) is 18.0 Å². The highest BCUT2D eigenvalue weighted by molar-refractivity contribution is 6.02. The van der Waals surface area contributed by atoms with Gasteiger partial charge in [-0.1, -0.05) is 24.3 Å². The summed E-state index contributed by atoms with van der Waals surface area (Å²) in [5.74, 6) is -2.99.